The van der Waals surface area contributed by atoms with E-state index in [1.807, 2.05) is 71.9 Å². The molecule has 2 heterocycles. The van der Waals surface area contributed by atoms with Gasteiger partial charge >= 0.3 is 19.3 Å². The minimum Gasteiger partial charge on any atom is -0.444 e. The quantitative estimate of drug-likeness (QED) is 0.171. The van der Waals surface area contributed by atoms with Crippen molar-refractivity contribution in [3.05, 3.63) is 65.2 Å². The second kappa shape index (κ2) is 22.8. The zero-order valence-corrected chi connectivity index (χ0v) is 33.3. The molecule has 3 aliphatic rings. The number of halogens is 2. The first-order valence-electron chi connectivity index (χ1n) is 16.7. The van der Waals surface area contributed by atoms with Gasteiger partial charge in [-0.1, -0.05) is 67.1 Å². The molecule has 3 fully saturated rings. The lowest BCUT2D eigenvalue weighted by atomic mass is 9.80. The zero-order valence-electron chi connectivity index (χ0n) is 30.3. The normalized spacial score (nSPS) is 18.0. The molecule has 52 heavy (non-hydrogen) atoms. The van der Waals surface area contributed by atoms with Crippen molar-refractivity contribution in [3.8, 4) is 12.1 Å². The van der Waals surface area contributed by atoms with Crippen LogP contribution in [0.3, 0.4) is 0 Å². The fourth-order valence-corrected chi connectivity index (χ4v) is 5.72. The minimum absolute atomic E-state index is 0. The summed E-state index contributed by atoms with van der Waals surface area (Å²) < 4.78 is 11.1. The van der Waals surface area contributed by atoms with Crippen molar-refractivity contribution < 1.29 is 34.2 Å². The van der Waals surface area contributed by atoms with E-state index in [2.05, 4.69) is 28.7 Å². The molecule has 0 radical (unpaired) electrons. The van der Waals surface area contributed by atoms with Crippen molar-refractivity contribution in [3.63, 3.8) is 0 Å². The molecule has 0 bridgehead atoms. The van der Waals surface area contributed by atoms with Crippen molar-refractivity contribution in [1.82, 2.24) is 9.80 Å². The number of aliphatic hydroxyl groups is 1. The molecule has 1 saturated carbocycles. The number of nitrogens with two attached hydrogens (primary N) is 1. The van der Waals surface area contributed by atoms with Gasteiger partial charge in [-0.3, -0.25) is 0 Å². The van der Waals surface area contributed by atoms with Crippen LogP contribution in [0.5, 0.6) is 0 Å². The molecule has 2 aromatic carbocycles. The Bertz CT molecular complexity index is 1440. The number of alkyl halides is 1. The van der Waals surface area contributed by atoms with E-state index in [-0.39, 0.29) is 49.8 Å². The van der Waals surface area contributed by atoms with Gasteiger partial charge in [-0.25, -0.2) is 9.59 Å². The van der Waals surface area contributed by atoms with Gasteiger partial charge < -0.3 is 40.2 Å². The lowest BCUT2D eigenvalue weighted by molar-refractivity contribution is 0.00806. The molecular formula is C37H56BClIN5O7. The third-order valence-electron chi connectivity index (χ3n) is 7.65. The highest BCUT2D eigenvalue weighted by molar-refractivity contribution is 14.1. The van der Waals surface area contributed by atoms with E-state index in [1.54, 1.807) is 9.80 Å². The number of nitrogens with zero attached hydrogens (tertiary/aromatic N) is 4. The number of amides is 2. The van der Waals surface area contributed by atoms with Crippen LogP contribution in [-0.2, 0) is 9.47 Å². The zero-order chi connectivity index (χ0) is 37.6. The second-order valence-corrected chi connectivity index (χ2v) is 16.2. The molecule has 5 rings (SSSR count). The smallest absolute Gasteiger partial charge is 0.444 e. The van der Waals surface area contributed by atoms with Gasteiger partial charge in [-0.05, 0) is 89.7 Å². The summed E-state index contributed by atoms with van der Waals surface area (Å²) in [7, 11) is -1.46. The third kappa shape index (κ3) is 18.1. The Labute approximate surface area is 330 Å². The molecule has 0 unspecified atom stereocenters. The highest BCUT2D eigenvalue weighted by Crippen LogP contribution is 2.28. The molecule has 2 atom stereocenters. The maximum absolute atomic E-state index is 11.8. The summed E-state index contributed by atoms with van der Waals surface area (Å²) in [6.45, 7) is 14.3. The Morgan fingerprint density at radius 3 is 1.54 bits per heavy atom. The van der Waals surface area contributed by atoms with E-state index in [4.69, 9.17) is 40.9 Å². The Morgan fingerprint density at radius 1 is 0.808 bits per heavy atom. The van der Waals surface area contributed by atoms with Crippen LogP contribution in [-0.4, -0.2) is 97.7 Å². The van der Waals surface area contributed by atoms with E-state index >= 15 is 0 Å². The Balaban J connectivity index is 0.000000692. The summed E-state index contributed by atoms with van der Waals surface area (Å²) in [6, 6.07) is 17.7. The highest BCUT2D eigenvalue weighted by Gasteiger charge is 2.34. The van der Waals surface area contributed by atoms with Crippen molar-refractivity contribution in [2.45, 2.75) is 108 Å². The maximum Gasteiger partial charge on any atom is 0.488 e. The standard InChI is InChI=1S/C15H18N2O2.C8H14INO2.C7H6BNO2.C6H13NO.CH4.ClH/c1-15(2,3)19-14(18)17-9-13(10-17)12-6-4-11(8-16)5-7-12;1-8(2,3)12-7(11)10-4-6(9)5-10;9-5-6-1-3-7(4-2-6)8(10)11;7-5-3-1-2-4-6(5)8;;/h4-7,13H,9-10H2,1-3H3;6H,4-5H2,1-3H3;1-4,10-11H;5-6,8H,1-4,7H2;1H4;1H/t;;;5-,6+;;/m...0../s1. The second-order valence-electron chi connectivity index (χ2n) is 14.4. The van der Waals surface area contributed by atoms with Crippen LogP contribution in [0.2, 0.25) is 0 Å². The monoisotopic (exact) mass is 855 g/mol. The average Bonchev–Trinajstić information content (AvgIpc) is 3.00. The number of carbonyl (C=O) groups is 2. The molecule has 12 nitrogen and oxygen atoms in total. The maximum atomic E-state index is 11.8. The van der Waals surface area contributed by atoms with Crippen LogP contribution in [0.15, 0.2) is 48.5 Å². The van der Waals surface area contributed by atoms with Gasteiger partial charge in [0, 0.05) is 42.1 Å². The SMILES string of the molecule is C.CC(C)(C)OC(=O)N1CC(I)C1.CC(C)(C)OC(=O)N1CC(c2ccc(C#N)cc2)C1.Cl.N#Cc1ccc(B(O)O)cc1.N[C@H]1CCCC[C@H]1O. The van der Waals surface area contributed by atoms with E-state index < -0.39 is 12.7 Å². The predicted molar refractivity (Wildman–Crippen MR) is 215 cm³/mol. The van der Waals surface area contributed by atoms with Gasteiger partial charge in [0.1, 0.15) is 11.2 Å². The molecule has 2 saturated heterocycles. The molecule has 2 amide bonds. The van der Waals surface area contributed by atoms with Crippen molar-refractivity contribution in [2.75, 3.05) is 26.2 Å². The highest BCUT2D eigenvalue weighted by atomic mass is 127. The number of nitriles is 2. The number of aliphatic hydroxyl groups excluding tert-OH is 1. The number of likely N-dealkylation sites (tertiary alicyclic amines) is 2. The summed E-state index contributed by atoms with van der Waals surface area (Å²) in [4.78, 5) is 26.5. The summed E-state index contributed by atoms with van der Waals surface area (Å²) in [5.74, 6) is 0.347. The van der Waals surface area contributed by atoms with Crippen LogP contribution in [0, 0.1) is 22.7 Å². The predicted octanol–water partition coefficient (Wildman–Crippen LogP) is 5.48. The molecule has 0 aromatic heterocycles. The summed E-state index contributed by atoms with van der Waals surface area (Å²) in [5, 5.41) is 43.5. The average molecular weight is 856 g/mol. The molecule has 5 N–H and O–H groups in total. The van der Waals surface area contributed by atoms with Crippen molar-refractivity contribution >= 4 is 59.8 Å². The minimum atomic E-state index is -1.46. The largest absolute Gasteiger partial charge is 0.488 e. The first-order chi connectivity index (χ1) is 23.3. The van der Waals surface area contributed by atoms with Crippen molar-refractivity contribution in [1.29, 1.82) is 10.5 Å². The molecular weight excluding hydrogens is 800 g/mol. The lowest BCUT2D eigenvalue weighted by Crippen LogP contribution is -2.52. The first-order valence-corrected chi connectivity index (χ1v) is 18.0. The first kappa shape index (κ1) is 48.9. The number of rotatable bonds is 2. The fourth-order valence-electron chi connectivity index (χ4n) is 4.76. The number of benzene rings is 2. The molecule has 15 heteroatoms. The van der Waals surface area contributed by atoms with Crippen LogP contribution < -0.4 is 11.2 Å². The Hall–Kier alpha value is -3.12. The van der Waals surface area contributed by atoms with Gasteiger partial charge in [0.05, 0.1) is 29.4 Å². The number of hydrogen-bond donors (Lipinski definition) is 4. The number of ether oxygens (including phenoxy) is 2. The molecule has 288 valence electrons. The fraction of sp³-hybridized carbons (Fsp3) is 0.568. The van der Waals surface area contributed by atoms with Gasteiger partial charge in [-0.15, -0.1) is 12.4 Å². The Morgan fingerprint density at radius 2 is 1.21 bits per heavy atom. The molecule has 2 aromatic rings. The molecule has 0 spiro atoms. The molecule has 1 aliphatic carbocycles. The van der Waals surface area contributed by atoms with Gasteiger partial charge in [-0.2, -0.15) is 10.5 Å². The lowest BCUT2D eigenvalue weighted by Gasteiger charge is -2.40. The third-order valence-corrected chi connectivity index (χ3v) is 8.44. The topological polar surface area (TPSA) is 193 Å². The van der Waals surface area contributed by atoms with Gasteiger partial charge in [0.2, 0.25) is 0 Å². The summed E-state index contributed by atoms with van der Waals surface area (Å²) >= 11 is 2.33. The summed E-state index contributed by atoms with van der Waals surface area (Å²) in [6.07, 6.45) is 3.59. The van der Waals surface area contributed by atoms with Gasteiger partial charge in [0.25, 0.3) is 0 Å². The van der Waals surface area contributed by atoms with E-state index in [0.717, 1.165) is 32.4 Å². The summed E-state index contributed by atoms with van der Waals surface area (Å²) in [5.41, 5.74) is 7.44. The van der Waals surface area contributed by atoms with Crippen molar-refractivity contribution in [2.24, 2.45) is 5.73 Å². The van der Waals surface area contributed by atoms with E-state index in [1.165, 1.54) is 36.2 Å². The van der Waals surface area contributed by atoms with Gasteiger partial charge in [0.15, 0.2) is 0 Å². The van der Waals surface area contributed by atoms with Crippen LogP contribution in [0.4, 0.5) is 9.59 Å². The number of carbonyl (C=O) groups excluding carboxylic acids is 2. The van der Waals surface area contributed by atoms with E-state index in [0.29, 0.717) is 39.5 Å². The van der Waals surface area contributed by atoms with Crippen LogP contribution in [0.1, 0.15) is 97.3 Å². The number of hydrogen-bond acceptors (Lipinski definition) is 10. The van der Waals surface area contributed by atoms with E-state index in [9.17, 15) is 9.59 Å². The molecule has 2 aliphatic heterocycles. The van der Waals surface area contributed by atoms with Crippen LogP contribution >= 0.6 is 35.0 Å². The Kier molecular flexibility index (Phi) is 21.5. The van der Waals surface area contributed by atoms with Crippen LogP contribution in [0.25, 0.3) is 0 Å².